The Morgan fingerprint density at radius 1 is 1.27 bits per heavy atom. The van der Waals surface area contributed by atoms with Gasteiger partial charge in [0.2, 0.25) is 11.8 Å². The van der Waals surface area contributed by atoms with Crippen molar-refractivity contribution in [2.75, 3.05) is 23.9 Å². The number of nitrogens with zero attached hydrogens (tertiary/aromatic N) is 1. The first-order valence-electron chi connectivity index (χ1n) is 10.2. The Morgan fingerprint density at radius 3 is 2.67 bits per heavy atom. The average molecular weight is 408 g/mol. The molecule has 0 saturated carbocycles. The van der Waals surface area contributed by atoms with Crippen LogP contribution in [0.2, 0.25) is 0 Å². The molecule has 0 unspecified atom stereocenters. The van der Waals surface area contributed by atoms with Crippen molar-refractivity contribution in [3.8, 4) is 0 Å². The van der Waals surface area contributed by atoms with Crippen molar-refractivity contribution in [2.45, 2.75) is 32.4 Å². The zero-order chi connectivity index (χ0) is 21.7. The summed E-state index contributed by atoms with van der Waals surface area (Å²) in [6.45, 7) is 3.87. The third-order valence-corrected chi connectivity index (χ3v) is 5.31. The van der Waals surface area contributed by atoms with Gasteiger partial charge in [0.05, 0.1) is 12.6 Å². The molecular weight excluding hydrogens is 378 g/mol. The normalized spacial score (nSPS) is 19.2. The highest BCUT2D eigenvalue weighted by molar-refractivity contribution is 6.02. The second kappa shape index (κ2) is 9.59. The largest absolute Gasteiger partial charge is 0.394 e. The number of anilines is 2. The zero-order valence-corrected chi connectivity index (χ0v) is 17.6. The van der Waals surface area contributed by atoms with Crippen LogP contribution in [0.4, 0.5) is 11.4 Å². The SMILES string of the molecule is CC(C)[C@H]1C(=O)N[C@H](CO)Cc2ccc(NC(=O)/C=C/c3ccccc3)cc2N1C. The van der Waals surface area contributed by atoms with Crippen LogP contribution in [0.25, 0.3) is 6.08 Å². The van der Waals surface area contributed by atoms with Crippen LogP contribution < -0.4 is 15.5 Å². The van der Waals surface area contributed by atoms with E-state index in [4.69, 9.17) is 0 Å². The molecule has 0 fully saturated rings. The maximum absolute atomic E-state index is 12.7. The third-order valence-electron chi connectivity index (χ3n) is 5.31. The van der Waals surface area contributed by atoms with Crippen molar-refractivity contribution < 1.29 is 14.7 Å². The number of aliphatic hydroxyl groups is 1. The second-order valence-electron chi connectivity index (χ2n) is 7.97. The molecule has 2 atom stereocenters. The van der Waals surface area contributed by atoms with Crippen LogP contribution in [0.3, 0.4) is 0 Å². The number of aliphatic hydroxyl groups excluding tert-OH is 1. The van der Waals surface area contributed by atoms with E-state index in [0.29, 0.717) is 12.1 Å². The number of amides is 2. The molecule has 0 saturated heterocycles. The van der Waals surface area contributed by atoms with Crippen LogP contribution in [0.1, 0.15) is 25.0 Å². The number of benzene rings is 2. The number of carbonyl (C=O) groups is 2. The molecule has 3 rings (SSSR count). The van der Waals surface area contributed by atoms with Gasteiger partial charge < -0.3 is 20.6 Å². The lowest BCUT2D eigenvalue weighted by Crippen LogP contribution is -2.54. The Kier molecular flexibility index (Phi) is 6.90. The van der Waals surface area contributed by atoms with Crippen LogP contribution in [0.15, 0.2) is 54.6 Å². The van der Waals surface area contributed by atoms with E-state index in [-0.39, 0.29) is 36.4 Å². The first-order valence-corrected chi connectivity index (χ1v) is 10.2. The first kappa shape index (κ1) is 21.6. The van der Waals surface area contributed by atoms with Gasteiger partial charge in [-0.1, -0.05) is 50.2 Å². The predicted octanol–water partition coefficient (Wildman–Crippen LogP) is 2.83. The molecule has 6 heteroatoms. The molecule has 1 aliphatic heterocycles. The summed E-state index contributed by atoms with van der Waals surface area (Å²) in [5.74, 6) is -0.247. The number of carbonyl (C=O) groups excluding carboxylic acids is 2. The van der Waals surface area contributed by atoms with Crippen molar-refractivity contribution in [3.05, 3.63) is 65.7 Å². The van der Waals surface area contributed by atoms with Crippen molar-refractivity contribution >= 4 is 29.3 Å². The Hall–Kier alpha value is -3.12. The van der Waals surface area contributed by atoms with Crippen molar-refractivity contribution in [3.63, 3.8) is 0 Å². The molecule has 0 radical (unpaired) electrons. The van der Waals surface area contributed by atoms with Gasteiger partial charge in [0, 0.05) is 24.5 Å². The summed E-state index contributed by atoms with van der Waals surface area (Å²) in [5, 5.41) is 15.5. The minimum atomic E-state index is -0.373. The van der Waals surface area contributed by atoms with Crippen LogP contribution in [0, 0.1) is 5.92 Å². The Morgan fingerprint density at radius 2 is 2.00 bits per heavy atom. The lowest BCUT2D eigenvalue weighted by atomic mass is 9.95. The number of rotatable bonds is 5. The van der Waals surface area contributed by atoms with Gasteiger partial charge in [-0.25, -0.2) is 0 Å². The van der Waals surface area contributed by atoms with E-state index in [1.54, 1.807) is 6.08 Å². The van der Waals surface area contributed by atoms with E-state index < -0.39 is 0 Å². The molecule has 1 heterocycles. The Balaban J connectivity index is 1.85. The molecule has 2 amide bonds. The highest BCUT2D eigenvalue weighted by Crippen LogP contribution is 2.30. The van der Waals surface area contributed by atoms with E-state index in [1.807, 2.05) is 74.3 Å². The van der Waals surface area contributed by atoms with Gasteiger partial charge in [-0.2, -0.15) is 0 Å². The number of nitrogens with one attached hydrogen (secondary N) is 2. The van der Waals surface area contributed by atoms with E-state index >= 15 is 0 Å². The second-order valence-corrected chi connectivity index (χ2v) is 7.97. The standard InChI is InChI=1S/C24H29N3O3/c1-16(2)23-24(30)26-20(15-28)13-18-10-11-19(14-21(18)27(23)3)25-22(29)12-9-17-7-5-4-6-8-17/h4-12,14,16,20,23,28H,13,15H2,1-3H3,(H,25,29)(H,26,30)/b12-9+/t20-,23-/m0/s1. The quantitative estimate of drug-likeness (QED) is 0.666. The van der Waals surface area contributed by atoms with Crippen LogP contribution in [-0.4, -0.2) is 42.7 Å². The van der Waals surface area contributed by atoms with Crippen LogP contribution in [0.5, 0.6) is 0 Å². The van der Waals surface area contributed by atoms with Gasteiger partial charge in [0.25, 0.3) is 0 Å². The number of hydrogen-bond donors (Lipinski definition) is 3. The Bertz CT molecular complexity index is 925. The molecule has 30 heavy (non-hydrogen) atoms. The topological polar surface area (TPSA) is 81.7 Å². The highest BCUT2D eigenvalue weighted by Gasteiger charge is 2.32. The monoisotopic (exact) mass is 407 g/mol. The van der Waals surface area contributed by atoms with Gasteiger partial charge in [-0.15, -0.1) is 0 Å². The molecule has 158 valence electrons. The van der Waals surface area contributed by atoms with Gasteiger partial charge in [-0.05, 0) is 41.7 Å². The molecule has 0 bridgehead atoms. The fourth-order valence-electron chi connectivity index (χ4n) is 3.85. The van der Waals surface area contributed by atoms with Crippen molar-refractivity contribution in [2.24, 2.45) is 5.92 Å². The van der Waals surface area contributed by atoms with Gasteiger partial charge in [-0.3, -0.25) is 9.59 Å². The summed E-state index contributed by atoms with van der Waals surface area (Å²) in [6.07, 6.45) is 3.79. The molecule has 0 aromatic heterocycles. The third kappa shape index (κ3) is 5.07. The average Bonchev–Trinajstić information content (AvgIpc) is 2.72. The molecule has 6 nitrogen and oxygen atoms in total. The van der Waals surface area contributed by atoms with E-state index in [9.17, 15) is 14.7 Å². The smallest absolute Gasteiger partial charge is 0.248 e. The highest BCUT2D eigenvalue weighted by atomic mass is 16.3. The summed E-state index contributed by atoms with van der Waals surface area (Å²) in [5.41, 5.74) is 3.51. The number of fused-ring (bicyclic) bond motifs is 1. The Labute approximate surface area is 177 Å². The maximum atomic E-state index is 12.7. The summed E-state index contributed by atoms with van der Waals surface area (Å²) >= 11 is 0. The molecule has 2 aromatic carbocycles. The first-order chi connectivity index (χ1) is 14.4. The van der Waals surface area contributed by atoms with E-state index in [0.717, 1.165) is 16.8 Å². The molecule has 0 aliphatic carbocycles. The minimum Gasteiger partial charge on any atom is -0.394 e. The summed E-state index contributed by atoms with van der Waals surface area (Å²) < 4.78 is 0. The van der Waals surface area contributed by atoms with Crippen LogP contribution in [-0.2, 0) is 16.0 Å². The van der Waals surface area contributed by atoms with Gasteiger partial charge in [0.15, 0.2) is 0 Å². The summed E-state index contributed by atoms with van der Waals surface area (Å²) in [4.78, 5) is 27.1. The number of likely N-dealkylation sites (N-methyl/N-ethyl adjacent to an activating group) is 1. The molecule has 1 aliphatic rings. The molecule has 3 N–H and O–H groups in total. The predicted molar refractivity (Wildman–Crippen MR) is 120 cm³/mol. The fraction of sp³-hybridized carbons (Fsp3) is 0.333. The summed E-state index contributed by atoms with van der Waals surface area (Å²) in [6, 6.07) is 14.6. The molecular formula is C24H29N3O3. The summed E-state index contributed by atoms with van der Waals surface area (Å²) in [7, 11) is 1.89. The lowest BCUT2D eigenvalue weighted by molar-refractivity contribution is -0.124. The minimum absolute atomic E-state index is 0.0762. The zero-order valence-electron chi connectivity index (χ0n) is 17.6. The van der Waals surface area contributed by atoms with Gasteiger partial charge >= 0.3 is 0 Å². The number of hydrogen-bond acceptors (Lipinski definition) is 4. The lowest BCUT2D eigenvalue weighted by Gasteiger charge is -2.37. The van der Waals surface area contributed by atoms with E-state index in [2.05, 4.69) is 10.6 Å². The molecule has 0 spiro atoms. The maximum Gasteiger partial charge on any atom is 0.248 e. The van der Waals surface area contributed by atoms with Crippen molar-refractivity contribution in [1.82, 2.24) is 5.32 Å². The van der Waals surface area contributed by atoms with Crippen molar-refractivity contribution in [1.29, 1.82) is 0 Å². The van der Waals surface area contributed by atoms with E-state index in [1.165, 1.54) is 6.08 Å². The van der Waals surface area contributed by atoms with Gasteiger partial charge in [0.1, 0.15) is 6.04 Å². The van der Waals surface area contributed by atoms with Crippen LogP contribution >= 0.6 is 0 Å². The molecule has 2 aromatic rings. The fourth-order valence-corrected chi connectivity index (χ4v) is 3.85.